The normalized spacial score (nSPS) is 15.9. The number of alkyl halides is 3. The Morgan fingerprint density at radius 2 is 1.84 bits per heavy atom. The van der Waals surface area contributed by atoms with E-state index in [4.69, 9.17) is 0 Å². The number of hydrogen-bond acceptors (Lipinski definition) is 4. The lowest BCUT2D eigenvalue weighted by Gasteiger charge is -2.12. The SMILES string of the molecule is O=C(NCc1ccc(Sc2ccc(C3CC3)cc2SC2=CCC=CC=N2)cc1)C(F)(F)F. The van der Waals surface area contributed by atoms with Crippen LogP contribution in [-0.4, -0.2) is 18.3 Å². The summed E-state index contributed by atoms with van der Waals surface area (Å²) in [6.07, 6.45) is 6.35. The number of thioether (sulfide) groups is 1. The summed E-state index contributed by atoms with van der Waals surface area (Å²) in [7, 11) is 0. The molecule has 166 valence electrons. The molecule has 2 aromatic carbocycles. The fourth-order valence-corrected chi connectivity index (χ4v) is 5.06. The first-order valence-corrected chi connectivity index (χ1v) is 11.8. The van der Waals surface area contributed by atoms with E-state index in [-0.39, 0.29) is 6.54 Å². The monoisotopic (exact) mass is 474 g/mol. The molecule has 0 aromatic heterocycles. The number of aliphatic imine (C=N–C) groups is 1. The Kier molecular flexibility index (Phi) is 7.10. The van der Waals surface area contributed by atoms with Crippen molar-refractivity contribution in [3.05, 3.63) is 76.8 Å². The smallest absolute Gasteiger partial charge is 0.344 e. The zero-order chi connectivity index (χ0) is 22.6. The van der Waals surface area contributed by atoms with Crippen LogP contribution in [0.3, 0.4) is 0 Å². The average Bonchev–Trinajstić information content (AvgIpc) is 3.62. The molecule has 1 aliphatic heterocycles. The number of rotatable bonds is 7. The Labute approximate surface area is 193 Å². The second-order valence-electron chi connectivity index (χ2n) is 7.49. The van der Waals surface area contributed by atoms with Gasteiger partial charge in [-0.2, -0.15) is 13.2 Å². The van der Waals surface area contributed by atoms with Gasteiger partial charge in [-0.1, -0.05) is 47.8 Å². The van der Waals surface area contributed by atoms with Crippen molar-refractivity contribution in [2.45, 2.75) is 52.6 Å². The number of amides is 1. The maximum Gasteiger partial charge on any atom is 0.471 e. The van der Waals surface area contributed by atoms with Gasteiger partial charge in [0.05, 0.1) is 5.03 Å². The number of carbonyl (C=O) groups excluding carboxylic acids is 1. The zero-order valence-corrected chi connectivity index (χ0v) is 18.7. The van der Waals surface area contributed by atoms with Crippen molar-refractivity contribution in [2.75, 3.05) is 0 Å². The summed E-state index contributed by atoms with van der Waals surface area (Å²) in [4.78, 5) is 18.7. The number of carbonyl (C=O) groups is 1. The third-order valence-electron chi connectivity index (χ3n) is 4.95. The number of allylic oxidation sites excluding steroid dienone is 3. The Morgan fingerprint density at radius 1 is 1.06 bits per heavy atom. The van der Waals surface area contributed by atoms with Gasteiger partial charge in [0.15, 0.2) is 0 Å². The molecule has 2 aromatic rings. The van der Waals surface area contributed by atoms with E-state index in [1.807, 2.05) is 23.5 Å². The van der Waals surface area contributed by atoms with Crippen LogP contribution < -0.4 is 5.32 Å². The van der Waals surface area contributed by atoms with E-state index < -0.39 is 12.1 Å². The summed E-state index contributed by atoms with van der Waals surface area (Å²) < 4.78 is 37.0. The van der Waals surface area contributed by atoms with Gasteiger partial charge >= 0.3 is 12.1 Å². The predicted octanol–water partition coefficient (Wildman–Crippen LogP) is 6.86. The molecule has 1 amide bonds. The van der Waals surface area contributed by atoms with Crippen LogP contribution in [0.4, 0.5) is 13.2 Å². The topological polar surface area (TPSA) is 41.5 Å². The van der Waals surface area contributed by atoms with Gasteiger partial charge in [0.2, 0.25) is 0 Å². The highest BCUT2D eigenvalue weighted by Gasteiger charge is 2.38. The van der Waals surface area contributed by atoms with Crippen LogP contribution in [0, 0.1) is 0 Å². The van der Waals surface area contributed by atoms with Gasteiger partial charge in [0, 0.05) is 27.4 Å². The maximum absolute atomic E-state index is 12.3. The summed E-state index contributed by atoms with van der Waals surface area (Å²) >= 11 is 3.25. The molecule has 1 heterocycles. The van der Waals surface area contributed by atoms with Crippen molar-refractivity contribution in [1.82, 2.24) is 5.32 Å². The lowest BCUT2D eigenvalue weighted by molar-refractivity contribution is -0.173. The third kappa shape index (κ3) is 6.29. The van der Waals surface area contributed by atoms with Crippen LogP contribution in [0.2, 0.25) is 0 Å². The Morgan fingerprint density at radius 3 is 2.56 bits per heavy atom. The molecule has 1 N–H and O–H groups in total. The van der Waals surface area contributed by atoms with E-state index >= 15 is 0 Å². The standard InChI is InChI=1S/C24H21F3N2OS2/c25-24(26,27)23(30)29-15-16-5-10-19(11-6-16)31-20-12-9-18(17-7-8-17)14-21(20)32-22-4-2-1-3-13-28-22/h1,3-6,9-14,17H,2,7-8,15H2,(H,29,30). The highest BCUT2D eigenvalue weighted by atomic mass is 32.2. The first-order chi connectivity index (χ1) is 15.4. The number of nitrogens with zero attached hydrogens (tertiary/aromatic N) is 1. The summed E-state index contributed by atoms with van der Waals surface area (Å²) in [5, 5.41) is 2.85. The molecule has 0 unspecified atom stereocenters. The molecule has 32 heavy (non-hydrogen) atoms. The first-order valence-electron chi connectivity index (χ1n) is 10.2. The highest BCUT2D eigenvalue weighted by molar-refractivity contribution is 8.04. The van der Waals surface area contributed by atoms with E-state index in [0.29, 0.717) is 11.5 Å². The minimum atomic E-state index is -4.87. The van der Waals surface area contributed by atoms with E-state index in [0.717, 1.165) is 26.1 Å². The van der Waals surface area contributed by atoms with Crippen LogP contribution in [0.15, 0.2) is 85.4 Å². The van der Waals surface area contributed by atoms with Gasteiger partial charge in [0.25, 0.3) is 0 Å². The third-order valence-corrected chi connectivity index (χ3v) is 7.20. The van der Waals surface area contributed by atoms with Crippen molar-refractivity contribution in [1.29, 1.82) is 0 Å². The largest absolute Gasteiger partial charge is 0.471 e. The van der Waals surface area contributed by atoms with E-state index in [1.54, 1.807) is 41.9 Å². The van der Waals surface area contributed by atoms with Crippen molar-refractivity contribution in [2.24, 2.45) is 4.99 Å². The summed E-state index contributed by atoms with van der Waals surface area (Å²) in [5.74, 6) is -1.29. The molecule has 0 atom stereocenters. The fraction of sp³-hybridized carbons (Fsp3) is 0.250. The van der Waals surface area contributed by atoms with Crippen LogP contribution >= 0.6 is 23.5 Å². The Balaban J connectivity index is 1.47. The lowest BCUT2D eigenvalue weighted by atomic mass is 10.1. The van der Waals surface area contributed by atoms with Gasteiger partial charge in [-0.15, -0.1) is 0 Å². The number of nitrogens with one attached hydrogen (secondary N) is 1. The lowest BCUT2D eigenvalue weighted by Crippen LogP contribution is -2.36. The highest BCUT2D eigenvalue weighted by Crippen LogP contribution is 2.45. The van der Waals surface area contributed by atoms with E-state index in [1.165, 1.54) is 18.4 Å². The van der Waals surface area contributed by atoms with Crippen molar-refractivity contribution in [3.8, 4) is 0 Å². The predicted molar refractivity (Wildman–Crippen MR) is 123 cm³/mol. The average molecular weight is 475 g/mol. The summed E-state index contributed by atoms with van der Waals surface area (Å²) in [6.45, 7) is -0.166. The van der Waals surface area contributed by atoms with Gasteiger partial charge in [-0.05, 0) is 72.7 Å². The first kappa shape index (κ1) is 22.7. The molecular formula is C24H21F3N2OS2. The van der Waals surface area contributed by atoms with Crippen molar-refractivity contribution >= 4 is 35.6 Å². The molecule has 1 saturated carbocycles. The molecule has 8 heteroatoms. The minimum absolute atomic E-state index is 0.166. The molecule has 0 saturated heterocycles. The molecule has 1 fully saturated rings. The quantitative estimate of drug-likeness (QED) is 0.477. The second-order valence-corrected chi connectivity index (χ2v) is 9.67. The summed E-state index contributed by atoms with van der Waals surface area (Å²) in [5.41, 5.74) is 1.96. The molecule has 3 nitrogen and oxygen atoms in total. The van der Waals surface area contributed by atoms with Crippen LogP contribution in [0.5, 0.6) is 0 Å². The van der Waals surface area contributed by atoms with E-state index in [2.05, 4.69) is 35.3 Å². The zero-order valence-electron chi connectivity index (χ0n) is 17.1. The van der Waals surface area contributed by atoms with Gasteiger partial charge in [-0.3, -0.25) is 4.79 Å². The van der Waals surface area contributed by atoms with Crippen molar-refractivity contribution in [3.63, 3.8) is 0 Å². The molecule has 0 radical (unpaired) electrons. The molecule has 0 bridgehead atoms. The van der Waals surface area contributed by atoms with Crippen molar-refractivity contribution < 1.29 is 18.0 Å². The molecule has 1 aliphatic carbocycles. The summed E-state index contributed by atoms with van der Waals surface area (Å²) in [6, 6.07) is 13.7. The van der Waals surface area contributed by atoms with Crippen LogP contribution in [-0.2, 0) is 11.3 Å². The number of hydrogen-bond donors (Lipinski definition) is 1. The number of benzene rings is 2. The van der Waals surface area contributed by atoms with Gasteiger partial charge in [0.1, 0.15) is 0 Å². The minimum Gasteiger partial charge on any atom is -0.344 e. The van der Waals surface area contributed by atoms with Crippen LogP contribution in [0.1, 0.15) is 36.3 Å². The van der Waals surface area contributed by atoms with Gasteiger partial charge < -0.3 is 5.32 Å². The molecule has 0 spiro atoms. The molecule has 2 aliphatic rings. The van der Waals surface area contributed by atoms with Crippen LogP contribution in [0.25, 0.3) is 0 Å². The van der Waals surface area contributed by atoms with E-state index in [9.17, 15) is 18.0 Å². The second kappa shape index (κ2) is 10.0. The number of halogens is 3. The molecular weight excluding hydrogens is 453 g/mol. The van der Waals surface area contributed by atoms with Gasteiger partial charge in [-0.25, -0.2) is 4.99 Å². The molecule has 4 rings (SSSR count). The Hall–Kier alpha value is -2.45. The maximum atomic E-state index is 12.3. The Bertz CT molecular complexity index is 1070. The fourth-order valence-electron chi connectivity index (χ4n) is 3.10.